The number of hydrogen-bond donors (Lipinski definition) is 2. The van der Waals surface area contributed by atoms with E-state index in [-0.39, 0.29) is 18.2 Å². The van der Waals surface area contributed by atoms with Gasteiger partial charge in [0.1, 0.15) is 0 Å². The third-order valence-corrected chi connectivity index (χ3v) is 5.00. The lowest BCUT2D eigenvalue weighted by atomic mass is 9.99. The van der Waals surface area contributed by atoms with Crippen LogP contribution in [0.2, 0.25) is 0 Å². The van der Waals surface area contributed by atoms with Crippen LogP contribution in [-0.2, 0) is 0 Å². The minimum atomic E-state index is -0.566. The van der Waals surface area contributed by atoms with Crippen molar-refractivity contribution in [2.24, 2.45) is 5.92 Å². The number of rotatable bonds is 8. The number of aliphatic hydroxyl groups is 1. The van der Waals surface area contributed by atoms with Gasteiger partial charge in [0.25, 0.3) is 5.91 Å². The fourth-order valence-corrected chi connectivity index (χ4v) is 3.20. The normalized spacial score (nSPS) is 18.0. The molecule has 1 saturated heterocycles. The molecule has 24 heavy (non-hydrogen) atoms. The van der Waals surface area contributed by atoms with E-state index in [2.05, 4.69) is 36.1 Å². The number of piperidine rings is 1. The Bertz CT molecular complexity index is 505. The first kappa shape index (κ1) is 18.9. The van der Waals surface area contributed by atoms with E-state index in [0.29, 0.717) is 12.5 Å². The summed E-state index contributed by atoms with van der Waals surface area (Å²) in [4.78, 5) is 14.4. The molecule has 1 amide bonds. The topological polar surface area (TPSA) is 78.6 Å². The van der Waals surface area contributed by atoms with Crippen LogP contribution in [0.3, 0.4) is 0 Å². The highest BCUT2D eigenvalue weighted by Gasteiger charge is 2.20. The van der Waals surface area contributed by atoms with Gasteiger partial charge in [0.05, 0.1) is 11.8 Å². The number of amides is 1. The van der Waals surface area contributed by atoms with E-state index in [1.54, 1.807) is 6.07 Å². The molecule has 1 aliphatic heterocycles. The molecule has 0 spiro atoms. The van der Waals surface area contributed by atoms with Gasteiger partial charge < -0.3 is 19.8 Å². The number of aromatic nitrogens is 1. The van der Waals surface area contributed by atoms with Crippen molar-refractivity contribution in [1.82, 2.24) is 15.4 Å². The second-order valence-electron chi connectivity index (χ2n) is 6.98. The van der Waals surface area contributed by atoms with E-state index in [1.165, 1.54) is 12.8 Å². The Balaban J connectivity index is 1.76. The molecule has 1 aliphatic rings. The Kier molecular flexibility index (Phi) is 7.24. The maximum atomic E-state index is 12.1. The minimum Gasteiger partial charge on any atom is -0.390 e. The van der Waals surface area contributed by atoms with Gasteiger partial charge in [-0.1, -0.05) is 25.9 Å². The van der Waals surface area contributed by atoms with Crippen molar-refractivity contribution in [3.05, 3.63) is 17.5 Å². The van der Waals surface area contributed by atoms with Crippen molar-refractivity contribution in [3.63, 3.8) is 0 Å². The number of β-amino-alcohol motifs (C(OH)–C–C–N with tert-alkyl or cyclic N) is 1. The first-order valence-corrected chi connectivity index (χ1v) is 9.18. The second-order valence-corrected chi connectivity index (χ2v) is 6.98. The average Bonchev–Trinajstić information content (AvgIpc) is 3.06. The van der Waals surface area contributed by atoms with E-state index in [9.17, 15) is 9.90 Å². The predicted molar refractivity (Wildman–Crippen MR) is 93.0 cm³/mol. The summed E-state index contributed by atoms with van der Waals surface area (Å²) in [6, 6.07) is 1.71. The van der Waals surface area contributed by atoms with Gasteiger partial charge in [-0.15, -0.1) is 0 Å². The summed E-state index contributed by atoms with van der Waals surface area (Å²) in [7, 11) is 0. The van der Waals surface area contributed by atoms with Crippen molar-refractivity contribution in [3.8, 4) is 0 Å². The smallest absolute Gasteiger partial charge is 0.289 e. The Morgan fingerprint density at radius 2 is 2.08 bits per heavy atom. The fourth-order valence-electron chi connectivity index (χ4n) is 3.20. The number of carbonyl (C=O) groups excluding carboxylic acids is 1. The van der Waals surface area contributed by atoms with E-state index in [4.69, 9.17) is 4.52 Å². The molecule has 1 aromatic rings. The maximum Gasteiger partial charge on any atom is 0.289 e. The summed E-state index contributed by atoms with van der Waals surface area (Å²) in [6.07, 6.45) is 3.73. The molecule has 0 saturated carbocycles. The first-order valence-electron chi connectivity index (χ1n) is 9.18. The van der Waals surface area contributed by atoms with Crippen molar-refractivity contribution in [2.45, 2.75) is 58.5 Å². The molecule has 1 fully saturated rings. The second kappa shape index (κ2) is 9.18. The molecule has 2 rings (SSSR count). The number of nitrogens with zero attached hydrogens (tertiary/aromatic N) is 2. The van der Waals surface area contributed by atoms with Gasteiger partial charge in [-0.05, 0) is 44.7 Å². The van der Waals surface area contributed by atoms with Crippen LogP contribution in [0.15, 0.2) is 10.6 Å². The summed E-state index contributed by atoms with van der Waals surface area (Å²) in [5.74, 6) is 0.998. The van der Waals surface area contributed by atoms with Gasteiger partial charge in [0.2, 0.25) is 5.76 Å². The molecule has 1 atom stereocenters. The van der Waals surface area contributed by atoms with Crippen LogP contribution in [0.5, 0.6) is 0 Å². The molecule has 136 valence electrons. The van der Waals surface area contributed by atoms with Gasteiger partial charge in [-0.2, -0.15) is 0 Å². The average molecular weight is 337 g/mol. The quantitative estimate of drug-likeness (QED) is 0.761. The molecule has 0 aromatic carbocycles. The van der Waals surface area contributed by atoms with Gasteiger partial charge in [0, 0.05) is 25.1 Å². The van der Waals surface area contributed by atoms with Gasteiger partial charge >= 0.3 is 0 Å². The SMILES string of the molecule is CCC(CC)c1cc(C(=O)NCC(O)CN2CCC(C)CC2)on1. The van der Waals surface area contributed by atoms with Gasteiger partial charge in [-0.3, -0.25) is 4.79 Å². The van der Waals surface area contributed by atoms with Gasteiger partial charge in [0.15, 0.2) is 0 Å². The Morgan fingerprint density at radius 3 is 2.71 bits per heavy atom. The van der Waals surface area contributed by atoms with Crippen LogP contribution in [-0.4, -0.2) is 53.4 Å². The van der Waals surface area contributed by atoms with Gasteiger partial charge in [-0.25, -0.2) is 0 Å². The molecular formula is C18H31N3O3. The van der Waals surface area contributed by atoms with Crippen LogP contribution in [0.4, 0.5) is 0 Å². The lowest BCUT2D eigenvalue weighted by molar-refractivity contribution is 0.0774. The highest BCUT2D eigenvalue weighted by molar-refractivity contribution is 5.91. The molecule has 6 heteroatoms. The third kappa shape index (κ3) is 5.31. The number of carbonyl (C=O) groups is 1. The van der Waals surface area contributed by atoms with Crippen molar-refractivity contribution in [1.29, 1.82) is 0 Å². The molecule has 0 bridgehead atoms. The molecule has 1 aromatic heterocycles. The zero-order chi connectivity index (χ0) is 17.5. The highest BCUT2D eigenvalue weighted by atomic mass is 16.5. The zero-order valence-electron chi connectivity index (χ0n) is 15.1. The van der Waals surface area contributed by atoms with Crippen LogP contribution in [0.25, 0.3) is 0 Å². The molecule has 2 N–H and O–H groups in total. The molecular weight excluding hydrogens is 306 g/mol. The van der Waals surface area contributed by atoms with Crippen LogP contribution >= 0.6 is 0 Å². The zero-order valence-corrected chi connectivity index (χ0v) is 15.1. The van der Waals surface area contributed by atoms with Crippen LogP contribution < -0.4 is 5.32 Å². The van der Waals surface area contributed by atoms with E-state index in [1.807, 2.05) is 0 Å². The lowest BCUT2D eigenvalue weighted by Gasteiger charge is -2.31. The highest BCUT2D eigenvalue weighted by Crippen LogP contribution is 2.22. The Labute approximate surface area is 144 Å². The number of aliphatic hydroxyl groups excluding tert-OH is 1. The first-order chi connectivity index (χ1) is 11.5. The maximum absolute atomic E-state index is 12.1. The number of hydrogen-bond acceptors (Lipinski definition) is 5. The Morgan fingerprint density at radius 1 is 1.42 bits per heavy atom. The lowest BCUT2D eigenvalue weighted by Crippen LogP contribution is -2.43. The fraction of sp³-hybridized carbons (Fsp3) is 0.778. The van der Waals surface area contributed by atoms with E-state index >= 15 is 0 Å². The predicted octanol–water partition coefficient (Wildman–Crippen LogP) is 2.40. The number of nitrogens with one attached hydrogen (secondary N) is 1. The van der Waals surface area contributed by atoms with Crippen molar-refractivity contribution >= 4 is 5.91 Å². The van der Waals surface area contributed by atoms with Crippen molar-refractivity contribution in [2.75, 3.05) is 26.2 Å². The molecule has 0 radical (unpaired) electrons. The van der Waals surface area contributed by atoms with E-state index < -0.39 is 6.10 Å². The van der Waals surface area contributed by atoms with Crippen molar-refractivity contribution < 1.29 is 14.4 Å². The minimum absolute atomic E-state index is 0.218. The van der Waals surface area contributed by atoms with Crippen LogP contribution in [0.1, 0.15) is 68.6 Å². The van der Waals surface area contributed by atoms with E-state index in [0.717, 1.165) is 37.5 Å². The summed E-state index contributed by atoms with van der Waals surface area (Å²) >= 11 is 0. The third-order valence-electron chi connectivity index (χ3n) is 5.00. The monoisotopic (exact) mass is 337 g/mol. The summed E-state index contributed by atoms with van der Waals surface area (Å²) in [6.45, 7) is 9.33. The summed E-state index contributed by atoms with van der Waals surface area (Å²) in [5, 5.41) is 16.9. The summed E-state index contributed by atoms with van der Waals surface area (Å²) in [5.41, 5.74) is 0.827. The molecule has 1 unspecified atom stereocenters. The molecule has 0 aliphatic carbocycles. The largest absolute Gasteiger partial charge is 0.390 e. The molecule has 6 nitrogen and oxygen atoms in total. The summed E-state index contributed by atoms with van der Waals surface area (Å²) < 4.78 is 5.15. The molecule has 2 heterocycles. The standard InChI is InChI=1S/C18H31N3O3/c1-4-14(5-2)16-10-17(24-20-16)18(23)19-11-15(22)12-21-8-6-13(3)7-9-21/h10,13-15,22H,4-9,11-12H2,1-3H3,(H,19,23). The Hall–Kier alpha value is -1.40. The van der Waals surface area contributed by atoms with Crippen LogP contribution in [0, 0.1) is 5.92 Å². The number of likely N-dealkylation sites (tertiary alicyclic amines) is 1.